The molecule has 1 aromatic heterocycles. The van der Waals surface area contributed by atoms with E-state index in [4.69, 9.17) is 4.74 Å². The minimum Gasteiger partial charge on any atom is -0.462 e. The molecule has 1 aromatic rings. The summed E-state index contributed by atoms with van der Waals surface area (Å²) in [4.78, 5) is 20.1. The zero-order chi connectivity index (χ0) is 15.0. The van der Waals surface area contributed by atoms with Gasteiger partial charge in [0.2, 0.25) is 5.95 Å². The van der Waals surface area contributed by atoms with E-state index in [1.165, 1.54) is 6.20 Å². The lowest BCUT2D eigenvalue weighted by molar-refractivity contribution is 0.0524. The molecule has 0 fully saturated rings. The molecular weight excluding hydrogens is 274 g/mol. The first-order valence-corrected chi connectivity index (χ1v) is 8.09. The van der Waals surface area contributed by atoms with Crippen molar-refractivity contribution in [2.75, 3.05) is 23.4 Å². The number of thioether (sulfide) groups is 1. The summed E-state index contributed by atoms with van der Waals surface area (Å²) in [5.74, 6) is 2.44. The number of aromatic nitrogens is 2. The van der Waals surface area contributed by atoms with E-state index in [9.17, 15) is 4.79 Å². The highest BCUT2D eigenvalue weighted by Gasteiger charge is 2.13. The smallest absolute Gasteiger partial charge is 0.341 e. The van der Waals surface area contributed by atoms with E-state index in [-0.39, 0.29) is 5.97 Å². The van der Waals surface area contributed by atoms with E-state index in [0.29, 0.717) is 29.9 Å². The van der Waals surface area contributed by atoms with Crippen molar-refractivity contribution in [1.29, 1.82) is 0 Å². The van der Waals surface area contributed by atoms with E-state index >= 15 is 0 Å². The Balaban J connectivity index is 2.60. The number of nitrogens with zero attached hydrogens (tertiary/aromatic N) is 2. The normalized spacial score (nSPS) is 12.0. The predicted octanol–water partition coefficient (Wildman–Crippen LogP) is 2.91. The monoisotopic (exact) mass is 297 g/mol. The fourth-order valence-corrected chi connectivity index (χ4v) is 2.45. The van der Waals surface area contributed by atoms with Crippen LogP contribution >= 0.6 is 11.8 Å². The second-order valence-electron chi connectivity index (χ2n) is 4.44. The molecule has 0 aliphatic carbocycles. The lowest BCUT2D eigenvalue weighted by Crippen LogP contribution is -2.19. The highest BCUT2D eigenvalue weighted by Crippen LogP contribution is 2.11. The minimum atomic E-state index is -0.371. The quantitative estimate of drug-likeness (QED) is 0.588. The largest absolute Gasteiger partial charge is 0.462 e. The molecule has 0 spiro atoms. The van der Waals surface area contributed by atoms with Crippen molar-refractivity contribution < 1.29 is 9.53 Å². The summed E-state index contributed by atoms with van der Waals surface area (Å²) < 4.78 is 4.95. The van der Waals surface area contributed by atoms with Crippen LogP contribution in [0.15, 0.2) is 6.20 Å². The van der Waals surface area contributed by atoms with Gasteiger partial charge in [0.15, 0.2) is 0 Å². The van der Waals surface area contributed by atoms with Gasteiger partial charge in [0.25, 0.3) is 0 Å². The summed E-state index contributed by atoms with van der Waals surface area (Å²) in [6.45, 7) is 8.18. The van der Waals surface area contributed by atoms with Crippen LogP contribution in [0.3, 0.4) is 0 Å². The third-order valence-electron chi connectivity index (χ3n) is 2.75. The van der Waals surface area contributed by atoms with Gasteiger partial charge in [-0.1, -0.05) is 6.92 Å². The Bertz CT molecular complexity index is 440. The van der Waals surface area contributed by atoms with Crippen molar-refractivity contribution >= 4 is 23.7 Å². The average molecular weight is 297 g/mol. The van der Waals surface area contributed by atoms with Gasteiger partial charge in [-0.2, -0.15) is 11.8 Å². The van der Waals surface area contributed by atoms with Crippen molar-refractivity contribution in [1.82, 2.24) is 9.97 Å². The number of esters is 1. The molecule has 112 valence electrons. The molecule has 0 aliphatic rings. The minimum absolute atomic E-state index is 0.307. The van der Waals surface area contributed by atoms with E-state index < -0.39 is 0 Å². The van der Waals surface area contributed by atoms with Gasteiger partial charge in [0, 0.05) is 12.2 Å². The average Bonchev–Trinajstić information content (AvgIpc) is 2.39. The summed E-state index contributed by atoms with van der Waals surface area (Å²) in [7, 11) is 0. The molecule has 1 atom stereocenters. The molecule has 5 nitrogen and oxygen atoms in total. The summed E-state index contributed by atoms with van der Waals surface area (Å²) in [6, 6.07) is 0.307. The van der Waals surface area contributed by atoms with Crippen LogP contribution in [0.5, 0.6) is 0 Å². The first-order chi connectivity index (χ1) is 9.58. The molecular formula is C14H23N3O2S. The lowest BCUT2D eigenvalue weighted by Gasteiger charge is -2.14. The SMILES string of the molecule is CCOC(=O)c1cnc(NC(C)CCSCC)nc1C. The van der Waals surface area contributed by atoms with Crippen molar-refractivity contribution in [2.24, 2.45) is 0 Å². The first kappa shape index (κ1) is 16.8. The van der Waals surface area contributed by atoms with Gasteiger partial charge in [-0.05, 0) is 38.7 Å². The van der Waals surface area contributed by atoms with Crippen LogP contribution in [0.2, 0.25) is 0 Å². The van der Waals surface area contributed by atoms with Gasteiger partial charge in [-0.25, -0.2) is 14.8 Å². The van der Waals surface area contributed by atoms with E-state index in [2.05, 4.69) is 29.1 Å². The van der Waals surface area contributed by atoms with E-state index in [1.54, 1.807) is 13.8 Å². The Hall–Kier alpha value is -1.30. The summed E-state index contributed by atoms with van der Waals surface area (Å²) >= 11 is 1.92. The second kappa shape index (κ2) is 8.79. The van der Waals surface area contributed by atoms with Crippen LogP contribution in [-0.4, -0.2) is 40.1 Å². The maximum atomic E-state index is 11.6. The number of aryl methyl sites for hydroxylation is 1. The number of rotatable bonds is 8. The molecule has 1 rings (SSSR count). The number of carbonyl (C=O) groups is 1. The molecule has 20 heavy (non-hydrogen) atoms. The zero-order valence-corrected chi connectivity index (χ0v) is 13.4. The number of ether oxygens (including phenoxy) is 1. The molecule has 0 bridgehead atoms. The molecule has 0 aliphatic heterocycles. The molecule has 0 aromatic carbocycles. The van der Waals surface area contributed by atoms with Gasteiger partial charge >= 0.3 is 5.97 Å². The molecule has 0 amide bonds. The third kappa shape index (κ3) is 5.36. The molecule has 0 saturated heterocycles. The van der Waals surface area contributed by atoms with Crippen molar-refractivity contribution in [3.8, 4) is 0 Å². The Morgan fingerprint density at radius 3 is 2.85 bits per heavy atom. The maximum Gasteiger partial charge on any atom is 0.341 e. The molecule has 1 unspecified atom stereocenters. The molecule has 1 heterocycles. The third-order valence-corrected chi connectivity index (χ3v) is 3.68. The Morgan fingerprint density at radius 1 is 1.50 bits per heavy atom. The van der Waals surface area contributed by atoms with Gasteiger partial charge in [-0.3, -0.25) is 0 Å². The Labute approximate surface area is 124 Å². The zero-order valence-electron chi connectivity index (χ0n) is 12.6. The van der Waals surface area contributed by atoms with Crippen LogP contribution in [0.1, 0.15) is 43.2 Å². The number of hydrogen-bond acceptors (Lipinski definition) is 6. The fraction of sp³-hybridized carbons (Fsp3) is 0.643. The van der Waals surface area contributed by atoms with Gasteiger partial charge in [0.05, 0.1) is 17.9 Å². The first-order valence-electron chi connectivity index (χ1n) is 6.93. The number of anilines is 1. The number of hydrogen-bond donors (Lipinski definition) is 1. The number of nitrogens with one attached hydrogen (secondary N) is 1. The lowest BCUT2D eigenvalue weighted by atomic mass is 10.2. The summed E-state index contributed by atoms with van der Waals surface area (Å²) in [5, 5.41) is 3.25. The van der Waals surface area contributed by atoms with Crippen LogP contribution in [0, 0.1) is 6.92 Å². The molecule has 0 saturated carbocycles. The highest BCUT2D eigenvalue weighted by atomic mass is 32.2. The van der Waals surface area contributed by atoms with Crippen molar-refractivity contribution in [2.45, 2.75) is 40.2 Å². The molecule has 6 heteroatoms. The number of carbonyl (C=O) groups excluding carboxylic acids is 1. The summed E-state index contributed by atoms with van der Waals surface area (Å²) in [6.07, 6.45) is 2.58. The van der Waals surface area contributed by atoms with Crippen molar-refractivity contribution in [3.63, 3.8) is 0 Å². The second-order valence-corrected chi connectivity index (χ2v) is 5.84. The van der Waals surface area contributed by atoms with Crippen LogP contribution in [0.4, 0.5) is 5.95 Å². The van der Waals surface area contributed by atoms with E-state index in [1.807, 2.05) is 11.8 Å². The summed E-state index contributed by atoms with van der Waals surface area (Å²) in [5.41, 5.74) is 1.06. The Morgan fingerprint density at radius 2 is 2.25 bits per heavy atom. The van der Waals surface area contributed by atoms with E-state index in [0.717, 1.165) is 17.9 Å². The van der Waals surface area contributed by atoms with Crippen LogP contribution < -0.4 is 5.32 Å². The van der Waals surface area contributed by atoms with Crippen LogP contribution in [0.25, 0.3) is 0 Å². The predicted molar refractivity (Wildman–Crippen MR) is 83.4 cm³/mol. The van der Waals surface area contributed by atoms with Gasteiger partial charge in [-0.15, -0.1) is 0 Å². The fourth-order valence-electron chi connectivity index (χ4n) is 1.64. The standard InChI is InChI=1S/C14H23N3O2S/c1-5-19-13(18)12-9-15-14(17-11(12)4)16-10(3)7-8-20-6-2/h9-10H,5-8H2,1-4H3,(H,15,16,17). The molecule has 1 N–H and O–H groups in total. The highest BCUT2D eigenvalue weighted by molar-refractivity contribution is 7.99. The van der Waals surface area contributed by atoms with Crippen LogP contribution in [-0.2, 0) is 4.74 Å². The topological polar surface area (TPSA) is 64.1 Å². The van der Waals surface area contributed by atoms with Gasteiger partial charge < -0.3 is 10.1 Å². The molecule has 0 radical (unpaired) electrons. The van der Waals surface area contributed by atoms with Crippen molar-refractivity contribution in [3.05, 3.63) is 17.5 Å². The van der Waals surface area contributed by atoms with Gasteiger partial charge in [0.1, 0.15) is 0 Å². The Kier molecular flexibility index (Phi) is 7.36. The maximum absolute atomic E-state index is 11.6.